The van der Waals surface area contributed by atoms with Crippen molar-refractivity contribution in [3.8, 4) is 0 Å². The molecule has 1 heterocycles. The molecule has 3 rings (SSSR count). The molecule has 0 spiro atoms. The lowest BCUT2D eigenvalue weighted by Gasteiger charge is -2.11. The van der Waals surface area contributed by atoms with E-state index in [4.69, 9.17) is 4.84 Å². The third-order valence-electron chi connectivity index (χ3n) is 4.42. The zero-order valence-electron chi connectivity index (χ0n) is 15.9. The molecule has 0 aliphatic carbocycles. The van der Waals surface area contributed by atoms with E-state index in [9.17, 15) is 19.7 Å². The van der Waals surface area contributed by atoms with Crippen molar-refractivity contribution in [2.45, 2.75) is 20.5 Å². The molecule has 0 aliphatic heterocycles. The van der Waals surface area contributed by atoms with E-state index in [1.54, 1.807) is 12.1 Å². The van der Waals surface area contributed by atoms with Gasteiger partial charge in [0.25, 0.3) is 17.2 Å². The third kappa shape index (κ3) is 4.67. The first-order chi connectivity index (χ1) is 13.8. The zero-order chi connectivity index (χ0) is 21.0. The van der Waals surface area contributed by atoms with Crippen LogP contribution in [0.15, 0.2) is 65.6 Å². The first-order valence-electron chi connectivity index (χ1n) is 8.82. The van der Waals surface area contributed by atoms with Crippen molar-refractivity contribution in [2.24, 2.45) is 0 Å². The molecule has 0 atom stereocenters. The number of hydrogen-bond donors (Lipinski definition) is 1. The molecule has 1 amide bonds. The first-order valence-corrected chi connectivity index (χ1v) is 8.82. The fourth-order valence-corrected chi connectivity index (χ4v) is 2.67. The molecule has 29 heavy (non-hydrogen) atoms. The minimum Gasteiger partial charge on any atom is -0.406 e. The normalized spacial score (nSPS) is 10.4. The van der Waals surface area contributed by atoms with Gasteiger partial charge in [-0.3, -0.25) is 19.7 Å². The van der Waals surface area contributed by atoms with Gasteiger partial charge in [-0.15, -0.1) is 0 Å². The number of nitro benzene ring substituents is 1. The number of non-ortho nitro benzene ring substituents is 1. The Hall–Kier alpha value is -3.94. The van der Waals surface area contributed by atoms with Gasteiger partial charge >= 0.3 is 0 Å². The molecule has 0 saturated carbocycles. The molecule has 0 unspecified atom stereocenters. The number of carbonyl (C=O) groups excluding carboxylic acids is 1. The summed E-state index contributed by atoms with van der Waals surface area (Å²) in [6.07, 6.45) is 1.38. The molecule has 1 aromatic heterocycles. The van der Waals surface area contributed by atoms with Crippen LogP contribution in [-0.2, 0) is 6.61 Å². The number of anilines is 1. The Balaban J connectivity index is 1.76. The fraction of sp³-hybridized carbons (Fsp3) is 0.143. The molecule has 3 aromatic rings. The van der Waals surface area contributed by atoms with Crippen LogP contribution in [-0.4, -0.2) is 15.6 Å². The van der Waals surface area contributed by atoms with Gasteiger partial charge in [-0.05, 0) is 54.8 Å². The molecule has 1 N–H and O–H groups in total. The van der Waals surface area contributed by atoms with E-state index < -0.39 is 16.4 Å². The van der Waals surface area contributed by atoms with E-state index in [0.29, 0.717) is 11.3 Å². The number of nitrogens with one attached hydrogen (secondary N) is 1. The Morgan fingerprint density at radius 3 is 2.62 bits per heavy atom. The molecule has 2 aromatic carbocycles. The van der Waals surface area contributed by atoms with Crippen LogP contribution in [0.1, 0.15) is 27.0 Å². The Bertz CT molecular complexity index is 1140. The van der Waals surface area contributed by atoms with Crippen LogP contribution < -0.4 is 15.7 Å². The van der Waals surface area contributed by atoms with Crippen molar-refractivity contribution in [1.29, 1.82) is 0 Å². The molecule has 0 bridgehead atoms. The maximum Gasteiger partial charge on any atom is 0.295 e. The molecule has 8 heteroatoms. The van der Waals surface area contributed by atoms with Crippen molar-refractivity contribution in [3.63, 3.8) is 0 Å². The number of nitrogens with zero attached hydrogens (tertiary/aromatic N) is 2. The molecular formula is C21H19N3O5. The van der Waals surface area contributed by atoms with E-state index in [1.807, 2.05) is 26.0 Å². The second-order valence-electron chi connectivity index (χ2n) is 6.51. The van der Waals surface area contributed by atoms with Crippen molar-refractivity contribution in [3.05, 3.63) is 104 Å². The fourth-order valence-electron chi connectivity index (χ4n) is 2.67. The lowest BCUT2D eigenvalue weighted by Crippen LogP contribution is -2.32. The maximum atomic E-state index is 12.6. The van der Waals surface area contributed by atoms with Gasteiger partial charge in [-0.25, -0.2) is 0 Å². The van der Waals surface area contributed by atoms with Gasteiger partial charge in [0.05, 0.1) is 4.92 Å². The summed E-state index contributed by atoms with van der Waals surface area (Å²) in [4.78, 5) is 40.9. The van der Waals surface area contributed by atoms with Gasteiger partial charge in [0, 0.05) is 24.0 Å². The highest BCUT2D eigenvalue weighted by molar-refractivity contribution is 6.04. The van der Waals surface area contributed by atoms with E-state index in [2.05, 4.69) is 5.32 Å². The standard InChI is InChI=1S/C21H19N3O5/c1-14-8-9-17(11-15(14)2)22-20(25)19-7-4-10-23(21(19)26)29-13-16-5-3-6-18(12-16)24(27)28/h3-12H,13H2,1-2H3,(H,22,25). The highest BCUT2D eigenvalue weighted by atomic mass is 16.7. The summed E-state index contributed by atoms with van der Waals surface area (Å²) in [6.45, 7) is 3.83. The maximum absolute atomic E-state index is 12.6. The molecule has 148 valence electrons. The summed E-state index contributed by atoms with van der Waals surface area (Å²) < 4.78 is 0.939. The second-order valence-corrected chi connectivity index (χ2v) is 6.51. The quantitative estimate of drug-likeness (QED) is 0.511. The minimum atomic E-state index is -0.626. The van der Waals surface area contributed by atoms with Crippen LogP contribution in [0.4, 0.5) is 11.4 Å². The number of benzene rings is 2. The Morgan fingerprint density at radius 1 is 1.10 bits per heavy atom. The summed E-state index contributed by atoms with van der Waals surface area (Å²) in [5.41, 5.74) is 2.46. The average Bonchev–Trinajstić information content (AvgIpc) is 2.70. The number of amides is 1. The molecule has 0 fully saturated rings. The summed E-state index contributed by atoms with van der Waals surface area (Å²) in [6, 6.07) is 14.3. The van der Waals surface area contributed by atoms with Gasteiger partial charge in [0.15, 0.2) is 0 Å². The van der Waals surface area contributed by atoms with Gasteiger partial charge in [0.2, 0.25) is 0 Å². The van der Waals surface area contributed by atoms with E-state index >= 15 is 0 Å². The zero-order valence-corrected chi connectivity index (χ0v) is 15.9. The van der Waals surface area contributed by atoms with E-state index in [-0.39, 0.29) is 17.9 Å². The van der Waals surface area contributed by atoms with Crippen LogP contribution in [0.5, 0.6) is 0 Å². The van der Waals surface area contributed by atoms with Crippen molar-refractivity contribution in [2.75, 3.05) is 5.32 Å². The SMILES string of the molecule is Cc1ccc(NC(=O)c2cccn(OCc3cccc([N+](=O)[O-])c3)c2=O)cc1C. The molecule has 0 radical (unpaired) electrons. The molecule has 0 saturated heterocycles. The first kappa shape index (κ1) is 19.8. The van der Waals surface area contributed by atoms with Crippen LogP contribution >= 0.6 is 0 Å². The minimum absolute atomic E-state index is 0.0657. The van der Waals surface area contributed by atoms with Crippen LogP contribution in [0.25, 0.3) is 0 Å². The number of rotatable bonds is 6. The number of aryl methyl sites for hydroxylation is 2. The van der Waals surface area contributed by atoms with Crippen molar-refractivity contribution < 1.29 is 14.6 Å². The summed E-state index contributed by atoms with van der Waals surface area (Å²) in [5.74, 6) is -0.549. The Morgan fingerprint density at radius 2 is 1.90 bits per heavy atom. The van der Waals surface area contributed by atoms with Gasteiger partial charge < -0.3 is 10.2 Å². The van der Waals surface area contributed by atoms with Crippen LogP contribution in [0.3, 0.4) is 0 Å². The smallest absolute Gasteiger partial charge is 0.295 e. The van der Waals surface area contributed by atoms with Crippen molar-refractivity contribution in [1.82, 2.24) is 4.73 Å². The van der Waals surface area contributed by atoms with Crippen LogP contribution in [0, 0.1) is 24.0 Å². The number of aromatic nitrogens is 1. The summed E-state index contributed by atoms with van der Waals surface area (Å²) in [7, 11) is 0. The Labute approximate surface area is 166 Å². The monoisotopic (exact) mass is 393 g/mol. The van der Waals surface area contributed by atoms with Gasteiger partial charge in [0.1, 0.15) is 12.2 Å². The highest BCUT2D eigenvalue weighted by Gasteiger charge is 2.14. The summed E-state index contributed by atoms with van der Waals surface area (Å²) >= 11 is 0. The van der Waals surface area contributed by atoms with Crippen molar-refractivity contribution >= 4 is 17.3 Å². The predicted octanol–water partition coefficient (Wildman–Crippen LogP) is 3.25. The number of pyridine rings is 1. The van der Waals surface area contributed by atoms with E-state index in [0.717, 1.165) is 15.9 Å². The second kappa shape index (κ2) is 8.39. The molecule has 0 aliphatic rings. The number of hydrogen-bond acceptors (Lipinski definition) is 5. The largest absolute Gasteiger partial charge is 0.406 e. The average molecular weight is 393 g/mol. The highest BCUT2D eigenvalue weighted by Crippen LogP contribution is 2.15. The van der Waals surface area contributed by atoms with Crippen LogP contribution in [0.2, 0.25) is 0 Å². The Kier molecular flexibility index (Phi) is 5.73. The molecule has 8 nitrogen and oxygen atoms in total. The van der Waals surface area contributed by atoms with E-state index in [1.165, 1.54) is 36.5 Å². The summed E-state index contributed by atoms with van der Waals surface area (Å²) in [5, 5.41) is 13.6. The molecular weight excluding hydrogens is 374 g/mol. The lowest BCUT2D eigenvalue weighted by molar-refractivity contribution is -0.384. The number of carbonyl (C=O) groups is 1. The predicted molar refractivity (Wildman–Crippen MR) is 108 cm³/mol. The topological polar surface area (TPSA) is 103 Å². The number of nitro groups is 1. The third-order valence-corrected chi connectivity index (χ3v) is 4.42. The van der Waals surface area contributed by atoms with Gasteiger partial charge in [-0.1, -0.05) is 18.2 Å². The van der Waals surface area contributed by atoms with Gasteiger partial charge in [-0.2, -0.15) is 4.73 Å². The lowest BCUT2D eigenvalue weighted by atomic mass is 10.1.